The molecule has 2 N–H and O–H groups in total. The summed E-state index contributed by atoms with van der Waals surface area (Å²) in [5, 5.41) is 0. The minimum atomic E-state index is -6.92. The predicted molar refractivity (Wildman–Crippen MR) is 70.3 cm³/mol. The number of nitrogens with two attached hydrogens (primary N) is 1. The highest BCUT2D eigenvalue weighted by Crippen LogP contribution is 2.59. The van der Waals surface area contributed by atoms with Crippen molar-refractivity contribution in [3.05, 3.63) is 22.2 Å². The SMILES string of the molecule is Nc1c(Br)cc(C(F)(C(F)(F)F)C(F)(F)C(F)(F)F)cc1SC(F)F. The number of hydrogen-bond donors (Lipinski definition) is 1. The van der Waals surface area contributed by atoms with Gasteiger partial charge >= 0.3 is 23.9 Å². The van der Waals surface area contributed by atoms with Crippen LogP contribution in [0.5, 0.6) is 0 Å². The van der Waals surface area contributed by atoms with Gasteiger partial charge in [-0.3, -0.25) is 0 Å². The first-order valence-electron chi connectivity index (χ1n) is 5.71. The van der Waals surface area contributed by atoms with Crippen molar-refractivity contribution in [1.29, 1.82) is 0 Å². The Bertz CT molecular complexity index is 642. The highest BCUT2D eigenvalue weighted by Gasteiger charge is 2.81. The van der Waals surface area contributed by atoms with Crippen LogP contribution in [0.1, 0.15) is 5.56 Å². The number of nitrogen functional groups attached to an aromatic ring is 1. The number of alkyl halides is 11. The number of benzene rings is 1. The van der Waals surface area contributed by atoms with Gasteiger partial charge in [0.15, 0.2) is 0 Å². The highest BCUT2D eigenvalue weighted by molar-refractivity contribution is 9.10. The molecule has 25 heavy (non-hydrogen) atoms. The van der Waals surface area contributed by atoms with Crippen molar-refractivity contribution in [3.63, 3.8) is 0 Å². The minimum absolute atomic E-state index is 0.0714. The van der Waals surface area contributed by atoms with Gasteiger partial charge in [-0.2, -0.15) is 43.9 Å². The topological polar surface area (TPSA) is 26.0 Å². The van der Waals surface area contributed by atoms with Crippen molar-refractivity contribution in [3.8, 4) is 0 Å². The van der Waals surface area contributed by atoms with Crippen LogP contribution in [0.3, 0.4) is 0 Å². The maximum absolute atomic E-state index is 14.3. The monoisotopic (exact) mass is 471 g/mol. The third-order valence-electron chi connectivity index (χ3n) is 2.88. The van der Waals surface area contributed by atoms with Gasteiger partial charge in [0.25, 0.3) is 5.76 Å². The van der Waals surface area contributed by atoms with E-state index < -0.39 is 62.1 Å². The molecule has 0 bridgehead atoms. The molecule has 1 rings (SSSR count). The van der Waals surface area contributed by atoms with Crippen LogP contribution in [0.4, 0.5) is 54.0 Å². The average Bonchev–Trinajstić information content (AvgIpc) is 2.39. The second kappa shape index (κ2) is 6.67. The lowest BCUT2D eigenvalue weighted by Gasteiger charge is -2.36. The molecule has 1 unspecified atom stereocenters. The lowest BCUT2D eigenvalue weighted by molar-refractivity contribution is -0.389. The second-order valence-electron chi connectivity index (χ2n) is 4.48. The Morgan fingerprint density at radius 2 is 1.36 bits per heavy atom. The highest BCUT2D eigenvalue weighted by atomic mass is 79.9. The maximum Gasteiger partial charge on any atom is 0.457 e. The number of thioether (sulfide) groups is 1. The lowest BCUT2D eigenvalue weighted by Crippen LogP contribution is -2.59. The standard InChI is InChI=1S/C11H5BrF11NS/c12-4-1-3(2-5(6(4)24)25-7(13)14)8(15,10(18,19)20)9(16,17)11(21,22)23/h1-2,7H,24H2. The van der Waals surface area contributed by atoms with Gasteiger partial charge < -0.3 is 5.73 Å². The molecule has 0 amide bonds. The largest absolute Gasteiger partial charge is 0.457 e. The zero-order chi connectivity index (χ0) is 20.0. The molecule has 0 aliphatic carbocycles. The number of rotatable bonds is 4. The third-order valence-corrected chi connectivity index (χ3v) is 4.31. The van der Waals surface area contributed by atoms with Crippen molar-refractivity contribution in [1.82, 2.24) is 0 Å². The summed E-state index contributed by atoms with van der Waals surface area (Å²) in [5.74, 6) is -10.2. The van der Waals surface area contributed by atoms with Gasteiger partial charge in [-0.05, 0) is 28.1 Å². The van der Waals surface area contributed by atoms with Gasteiger partial charge in [-0.1, -0.05) is 11.8 Å². The fraction of sp³-hybridized carbons (Fsp3) is 0.455. The Morgan fingerprint density at radius 1 is 0.880 bits per heavy atom. The Labute approximate surface area is 144 Å². The van der Waals surface area contributed by atoms with E-state index in [0.29, 0.717) is 0 Å². The molecule has 0 heterocycles. The first kappa shape index (κ1) is 22.1. The van der Waals surface area contributed by atoms with Crippen molar-refractivity contribution < 1.29 is 48.3 Å². The Balaban J connectivity index is 3.78. The summed E-state index contributed by atoms with van der Waals surface area (Å²) in [5.41, 5.74) is -3.91. The van der Waals surface area contributed by atoms with E-state index in [9.17, 15) is 48.3 Å². The van der Waals surface area contributed by atoms with Gasteiger partial charge in [-0.15, -0.1) is 0 Å². The van der Waals surface area contributed by atoms with Crippen LogP contribution in [0, 0.1) is 0 Å². The van der Waals surface area contributed by atoms with E-state index in [1.165, 1.54) is 0 Å². The summed E-state index contributed by atoms with van der Waals surface area (Å²) >= 11 is 1.87. The van der Waals surface area contributed by atoms with Gasteiger partial charge in [-0.25, -0.2) is 4.39 Å². The summed E-state index contributed by atoms with van der Waals surface area (Å²) in [7, 11) is 0. The first-order valence-corrected chi connectivity index (χ1v) is 7.38. The van der Waals surface area contributed by atoms with Gasteiger partial charge in [0.05, 0.1) is 5.69 Å². The number of halogens is 12. The molecule has 0 radical (unpaired) electrons. The van der Waals surface area contributed by atoms with E-state index in [2.05, 4.69) is 15.9 Å². The molecular formula is C11H5BrF11NS. The molecule has 14 heteroatoms. The van der Waals surface area contributed by atoms with Crippen molar-refractivity contribution in [2.24, 2.45) is 0 Å². The average molecular weight is 472 g/mol. The van der Waals surface area contributed by atoms with Crippen molar-refractivity contribution >= 4 is 33.4 Å². The predicted octanol–water partition coefficient (Wildman–Crippen LogP) is 6.27. The smallest absolute Gasteiger partial charge is 0.397 e. The molecule has 144 valence electrons. The van der Waals surface area contributed by atoms with E-state index in [1.54, 1.807) is 0 Å². The number of hydrogen-bond acceptors (Lipinski definition) is 2. The Morgan fingerprint density at radius 3 is 1.72 bits per heavy atom. The summed E-state index contributed by atoms with van der Waals surface area (Å²) in [6, 6.07) is -0.290. The van der Waals surface area contributed by atoms with Crippen LogP contribution in [-0.4, -0.2) is 24.0 Å². The first-order chi connectivity index (χ1) is 11.0. The molecule has 1 atom stereocenters. The molecule has 0 aliphatic heterocycles. The van der Waals surface area contributed by atoms with E-state index in [1.807, 2.05) is 0 Å². The van der Waals surface area contributed by atoms with E-state index in [4.69, 9.17) is 5.73 Å². The van der Waals surface area contributed by atoms with Crippen LogP contribution >= 0.6 is 27.7 Å². The normalized spacial score (nSPS) is 16.2. The molecule has 1 nitrogen and oxygen atoms in total. The number of anilines is 1. The summed E-state index contributed by atoms with van der Waals surface area (Å²) in [6.45, 7) is 0. The van der Waals surface area contributed by atoms with E-state index >= 15 is 0 Å². The quantitative estimate of drug-likeness (QED) is 0.318. The van der Waals surface area contributed by atoms with Crippen LogP contribution in [0.15, 0.2) is 21.5 Å². The van der Waals surface area contributed by atoms with Crippen LogP contribution in [-0.2, 0) is 5.67 Å². The fourth-order valence-corrected chi connectivity index (χ4v) is 2.92. The molecule has 0 saturated heterocycles. The lowest BCUT2D eigenvalue weighted by atomic mass is 9.87. The van der Waals surface area contributed by atoms with Gasteiger partial charge in [0, 0.05) is 14.9 Å². The molecule has 0 saturated carbocycles. The molecule has 0 aliphatic rings. The maximum atomic E-state index is 14.3. The van der Waals surface area contributed by atoms with E-state index in [0.717, 1.165) is 0 Å². The third kappa shape index (κ3) is 3.78. The van der Waals surface area contributed by atoms with Gasteiger partial charge in [0.2, 0.25) is 0 Å². The van der Waals surface area contributed by atoms with Crippen LogP contribution in [0.2, 0.25) is 0 Å². The Hall–Kier alpha value is -0.920. The molecule has 0 aromatic heterocycles. The van der Waals surface area contributed by atoms with Crippen LogP contribution in [0.25, 0.3) is 0 Å². The zero-order valence-corrected chi connectivity index (χ0v) is 13.7. The zero-order valence-electron chi connectivity index (χ0n) is 11.3. The summed E-state index contributed by atoms with van der Waals surface area (Å²) in [6.07, 6.45) is -13.6. The molecule has 0 spiro atoms. The summed E-state index contributed by atoms with van der Waals surface area (Å²) in [4.78, 5) is -1.01. The van der Waals surface area contributed by atoms with Crippen molar-refractivity contribution in [2.45, 2.75) is 34.6 Å². The Kier molecular flexibility index (Phi) is 5.90. The molecule has 1 aromatic carbocycles. The van der Waals surface area contributed by atoms with Crippen LogP contribution < -0.4 is 5.73 Å². The van der Waals surface area contributed by atoms with E-state index in [-0.39, 0.29) is 12.1 Å². The molecule has 0 fully saturated rings. The second-order valence-corrected chi connectivity index (χ2v) is 6.36. The summed E-state index contributed by atoms with van der Waals surface area (Å²) < 4.78 is 141. The van der Waals surface area contributed by atoms with Gasteiger partial charge in [0.1, 0.15) is 0 Å². The molecule has 1 aromatic rings. The molecular weight excluding hydrogens is 467 g/mol. The van der Waals surface area contributed by atoms with Crippen molar-refractivity contribution in [2.75, 3.05) is 5.73 Å². The minimum Gasteiger partial charge on any atom is -0.397 e. The fourth-order valence-electron chi connectivity index (χ4n) is 1.70.